The second-order valence-corrected chi connectivity index (χ2v) is 8.08. The summed E-state index contributed by atoms with van der Waals surface area (Å²) in [4.78, 5) is 13.6. The predicted octanol–water partition coefficient (Wildman–Crippen LogP) is 4.68. The van der Waals surface area contributed by atoms with E-state index >= 15 is 0 Å². The van der Waals surface area contributed by atoms with Crippen molar-refractivity contribution in [3.05, 3.63) is 47.0 Å². The van der Waals surface area contributed by atoms with Crippen LogP contribution in [-0.2, 0) is 9.26 Å². The molecular weight excluding hydrogens is 434 g/mol. The van der Waals surface area contributed by atoms with Gasteiger partial charge in [-0.05, 0) is 45.0 Å². The minimum atomic E-state index is -1.77. The van der Waals surface area contributed by atoms with Gasteiger partial charge in [0.25, 0.3) is 0 Å². The Kier molecular flexibility index (Phi) is 13.2. The molecule has 2 rings (SSSR count). The molecule has 0 aliphatic heterocycles. The van der Waals surface area contributed by atoms with Gasteiger partial charge in [-0.25, -0.2) is 0 Å². The Morgan fingerprint density at radius 3 is 2.35 bits per heavy atom. The van der Waals surface area contributed by atoms with E-state index in [0.29, 0.717) is 59.6 Å². The average Bonchev–Trinajstić information content (AvgIpc) is 2.74. The van der Waals surface area contributed by atoms with Crippen molar-refractivity contribution in [3.8, 4) is 17.2 Å². The first-order chi connectivity index (χ1) is 14.6. The van der Waals surface area contributed by atoms with E-state index < -0.39 is 8.15 Å². The van der Waals surface area contributed by atoms with Crippen LogP contribution in [0.2, 0.25) is 5.02 Å². The third-order valence-electron chi connectivity index (χ3n) is 4.01. The number of benzene rings is 2. The van der Waals surface area contributed by atoms with Gasteiger partial charge >= 0.3 is 0 Å². The van der Waals surface area contributed by atoms with Crippen LogP contribution in [0, 0.1) is 0 Å². The Morgan fingerprint density at radius 2 is 1.71 bits per heavy atom. The number of hydrogen-bond donors (Lipinski definition) is 0. The van der Waals surface area contributed by atoms with Crippen LogP contribution in [0.5, 0.6) is 17.2 Å². The number of halogens is 1. The summed E-state index contributed by atoms with van der Waals surface area (Å²) in [5, 5.41) is 0.961. The van der Waals surface area contributed by atoms with E-state index in [1.165, 1.54) is 7.11 Å². The van der Waals surface area contributed by atoms with Gasteiger partial charge in [0.15, 0.2) is 0 Å². The summed E-state index contributed by atoms with van der Waals surface area (Å²) in [6.45, 7) is 7.87. The van der Waals surface area contributed by atoms with Gasteiger partial charge < -0.3 is 23.5 Å². The summed E-state index contributed by atoms with van der Waals surface area (Å²) in [6.07, 6.45) is 0. The summed E-state index contributed by atoms with van der Waals surface area (Å²) in [7, 11) is -0.263. The average molecular weight is 462 g/mol. The number of hydrogen-bond acceptors (Lipinski definition) is 6. The molecule has 1 radical (unpaired) electrons. The Bertz CT molecular complexity index is 836. The van der Waals surface area contributed by atoms with Crippen molar-refractivity contribution < 1.29 is 28.3 Å². The van der Waals surface area contributed by atoms with Gasteiger partial charge in [0.05, 0.1) is 49.4 Å². The summed E-state index contributed by atoms with van der Waals surface area (Å²) in [5.74, 6) is 1.61. The molecule has 165 valence electrons. The number of carbonyl (C=O) groups is 1. The maximum Gasteiger partial charge on any atom is 0.221 e. The van der Waals surface area contributed by atoms with Crippen LogP contribution in [0.1, 0.15) is 31.1 Å². The van der Waals surface area contributed by atoms with Gasteiger partial charge in [-0.1, -0.05) is 17.7 Å². The molecule has 0 heterocycles. The molecule has 2 aromatic carbocycles. The zero-order valence-corrected chi connectivity index (χ0v) is 20.4. The van der Waals surface area contributed by atoms with Gasteiger partial charge in [0.1, 0.15) is 25.4 Å². The van der Waals surface area contributed by atoms with Crippen LogP contribution < -0.4 is 19.5 Å². The molecule has 0 aliphatic carbocycles. The molecule has 0 N–H and O–H groups in total. The quantitative estimate of drug-likeness (QED) is 0.245. The normalized spacial score (nSPS) is 11.4. The minimum Gasteiger partial charge on any atom is -0.496 e. The molecule has 0 fully saturated rings. The van der Waals surface area contributed by atoms with Crippen LogP contribution in [-0.4, -0.2) is 64.5 Å². The van der Waals surface area contributed by atoms with Crippen molar-refractivity contribution in [3.63, 3.8) is 0 Å². The smallest absolute Gasteiger partial charge is 0.221 e. The van der Waals surface area contributed by atoms with Crippen molar-refractivity contribution >= 4 is 49.4 Å². The second kappa shape index (κ2) is 14.7. The molecule has 0 saturated heterocycles. The third-order valence-corrected chi connectivity index (χ3v) is 6.16. The monoisotopic (exact) mass is 461 g/mol. The van der Waals surface area contributed by atoms with E-state index in [1.807, 2.05) is 26.8 Å². The van der Waals surface area contributed by atoms with Crippen LogP contribution >= 0.6 is 19.7 Å². The van der Waals surface area contributed by atoms with Crippen LogP contribution in [0.15, 0.2) is 36.4 Å². The Balaban J connectivity index is 0.00000480. The molecule has 0 aromatic heterocycles. The first kappa shape index (κ1) is 27.8. The fraction of sp³-hybridized carbons (Fsp3) is 0.409. The second-order valence-electron chi connectivity index (χ2n) is 5.94. The molecule has 31 heavy (non-hydrogen) atoms. The minimum absolute atomic E-state index is 0. The van der Waals surface area contributed by atoms with Crippen molar-refractivity contribution in [2.75, 3.05) is 40.1 Å². The third kappa shape index (κ3) is 7.68. The number of rotatable bonds is 13. The Hall–Kier alpha value is -1.25. The molecule has 0 bridgehead atoms. The number of methoxy groups -OCH3 is 1. The first-order valence-electron chi connectivity index (χ1n) is 9.84. The SMILES string of the molecule is CCOCCOP(C(=O)c1c(Cl)cccc1OC)c1ccc(OCC)cc1OCC.[Li]. The molecule has 2 aromatic rings. The Morgan fingerprint density at radius 1 is 0.968 bits per heavy atom. The number of ether oxygens (including phenoxy) is 4. The van der Waals surface area contributed by atoms with E-state index in [0.717, 1.165) is 0 Å². The zero-order chi connectivity index (χ0) is 21.9. The standard InChI is InChI=1S/C22H28ClO6P.Li/c1-5-26-13-14-29-30(22(24)21-17(23)9-8-10-18(21)25-4)20-12-11-16(27-6-2)15-19(20)28-7-3;/h8-12,15H,5-7,13-14H2,1-4H3;. The molecule has 0 amide bonds. The van der Waals surface area contributed by atoms with Crippen LogP contribution in [0.3, 0.4) is 0 Å². The maximum atomic E-state index is 13.6. The molecule has 6 nitrogen and oxygen atoms in total. The first-order valence-corrected chi connectivity index (χ1v) is 11.5. The topological polar surface area (TPSA) is 63.2 Å². The van der Waals surface area contributed by atoms with Gasteiger partial charge in [-0.3, -0.25) is 4.79 Å². The van der Waals surface area contributed by atoms with E-state index in [2.05, 4.69) is 0 Å². The van der Waals surface area contributed by atoms with Gasteiger partial charge in [0.2, 0.25) is 5.52 Å². The molecular formula is C22H28ClLiO6P. The summed E-state index contributed by atoms with van der Waals surface area (Å²) >= 11 is 6.36. The van der Waals surface area contributed by atoms with Crippen LogP contribution in [0.25, 0.3) is 0 Å². The Labute approximate surface area is 202 Å². The van der Waals surface area contributed by atoms with Crippen molar-refractivity contribution in [2.24, 2.45) is 0 Å². The van der Waals surface area contributed by atoms with Crippen molar-refractivity contribution in [1.82, 2.24) is 0 Å². The fourth-order valence-corrected chi connectivity index (χ4v) is 4.77. The van der Waals surface area contributed by atoms with Crippen molar-refractivity contribution in [2.45, 2.75) is 20.8 Å². The molecule has 9 heteroatoms. The van der Waals surface area contributed by atoms with E-state index in [1.54, 1.807) is 30.3 Å². The molecule has 1 atom stereocenters. The van der Waals surface area contributed by atoms with Gasteiger partial charge in [-0.15, -0.1) is 0 Å². The summed E-state index contributed by atoms with van der Waals surface area (Å²) in [6, 6.07) is 10.5. The largest absolute Gasteiger partial charge is 0.496 e. The van der Waals surface area contributed by atoms with Crippen LogP contribution in [0.4, 0.5) is 0 Å². The maximum absolute atomic E-state index is 13.6. The molecule has 1 unspecified atom stereocenters. The molecule has 0 aliphatic rings. The number of carbonyl (C=O) groups excluding carboxylic acids is 1. The van der Waals surface area contributed by atoms with Gasteiger partial charge in [-0.2, -0.15) is 0 Å². The predicted molar refractivity (Wildman–Crippen MR) is 126 cm³/mol. The van der Waals surface area contributed by atoms with E-state index in [4.69, 9.17) is 35.1 Å². The van der Waals surface area contributed by atoms with Gasteiger partial charge in [0, 0.05) is 31.5 Å². The van der Waals surface area contributed by atoms with E-state index in [9.17, 15) is 4.79 Å². The fourth-order valence-electron chi connectivity index (χ4n) is 2.74. The molecule has 0 spiro atoms. The van der Waals surface area contributed by atoms with E-state index in [-0.39, 0.29) is 31.0 Å². The zero-order valence-electron chi connectivity index (χ0n) is 18.8. The van der Waals surface area contributed by atoms with Crippen molar-refractivity contribution in [1.29, 1.82) is 0 Å². The summed E-state index contributed by atoms with van der Waals surface area (Å²) in [5.41, 5.74) is 0.0367. The summed E-state index contributed by atoms with van der Waals surface area (Å²) < 4.78 is 28.2. The molecule has 0 saturated carbocycles.